The van der Waals surface area contributed by atoms with Crippen LogP contribution >= 0.6 is 0 Å². The van der Waals surface area contributed by atoms with Gasteiger partial charge in [-0.3, -0.25) is 4.57 Å². The number of nitrogens with zero attached hydrogens (tertiary/aromatic N) is 2. The molecule has 0 amide bonds. The maximum absolute atomic E-state index is 13.2. The Kier molecular flexibility index (Phi) is 6.84. The summed E-state index contributed by atoms with van der Waals surface area (Å²) in [5, 5.41) is 14.2. The minimum absolute atomic E-state index is 0.226. The Balaban J connectivity index is 2.76. The van der Waals surface area contributed by atoms with Gasteiger partial charge in [0.15, 0.2) is 0 Å². The topological polar surface area (TPSA) is 93.3 Å². The average molecular weight is 385 g/mol. The molecule has 2 rings (SSSR count). The van der Waals surface area contributed by atoms with Crippen LogP contribution in [-0.2, 0) is 4.74 Å². The van der Waals surface area contributed by atoms with E-state index in [2.05, 4.69) is 23.8 Å². The van der Waals surface area contributed by atoms with Gasteiger partial charge in [-0.1, -0.05) is 13.2 Å². The molecule has 1 heterocycles. The van der Waals surface area contributed by atoms with Crippen LogP contribution in [0.15, 0.2) is 42.4 Å². The fourth-order valence-electron chi connectivity index (χ4n) is 2.85. The van der Waals surface area contributed by atoms with Crippen LogP contribution in [0.3, 0.4) is 0 Å². The van der Waals surface area contributed by atoms with E-state index in [0.717, 1.165) is 5.69 Å². The van der Waals surface area contributed by atoms with Crippen LogP contribution in [0, 0.1) is 5.41 Å². The lowest BCUT2D eigenvalue weighted by molar-refractivity contribution is 0.146. The minimum atomic E-state index is -0.338. The van der Waals surface area contributed by atoms with Crippen LogP contribution in [0.25, 0.3) is 11.4 Å². The summed E-state index contributed by atoms with van der Waals surface area (Å²) in [4.78, 5) is 13.2. The Bertz CT molecular complexity index is 955. The van der Waals surface area contributed by atoms with Gasteiger partial charge >= 0.3 is 5.69 Å². The first-order chi connectivity index (χ1) is 13.3. The van der Waals surface area contributed by atoms with Gasteiger partial charge in [-0.2, -0.15) is 0 Å². The molecule has 8 nitrogen and oxygen atoms in total. The first-order valence-corrected chi connectivity index (χ1v) is 8.77. The van der Waals surface area contributed by atoms with Crippen molar-refractivity contribution in [3.05, 3.63) is 53.7 Å². The molecule has 0 unspecified atom stereocenters. The number of imidazole rings is 1. The van der Waals surface area contributed by atoms with E-state index in [1.54, 1.807) is 34.1 Å². The number of allylic oxidation sites excluding steroid dienone is 1. The minimum Gasteiger partial charge on any atom is -0.491 e. The third-order valence-electron chi connectivity index (χ3n) is 4.02. The lowest BCUT2D eigenvalue weighted by Gasteiger charge is -2.13. The van der Waals surface area contributed by atoms with Crippen LogP contribution in [0.1, 0.15) is 19.5 Å². The number of methoxy groups -OCH3 is 1. The SMILES string of the molecule is C=CNc1c(C(C)=N)n(C(=C)C)c(=O)n1-c1cc(NC)cc(OCCOC)c1. The van der Waals surface area contributed by atoms with E-state index in [9.17, 15) is 4.79 Å². The van der Waals surface area contributed by atoms with Crippen molar-refractivity contribution >= 4 is 22.9 Å². The Morgan fingerprint density at radius 3 is 2.54 bits per heavy atom. The lowest BCUT2D eigenvalue weighted by atomic mass is 10.2. The van der Waals surface area contributed by atoms with Gasteiger partial charge in [0.1, 0.15) is 23.9 Å². The molecule has 0 saturated heterocycles. The van der Waals surface area contributed by atoms with Gasteiger partial charge in [-0.25, -0.2) is 9.36 Å². The molecule has 1 aromatic carbocycles. The zero-order valence-corrected chi connectivity index (χ0v) is 16.8. The van der Waals surface area contributed by atoms with Gasteiger partial charge in [0.05, 0.1) is 18.0 Å². The molecule has 0 radical (unpaired) electrons. The number of rotatable bonds is 10. The summed E-state index contributed by atoms with van der Waals surface area (Å²) in [5.74, 6) is 1.03. The first-order valence-electron chi connectivity index (χ1n) is 8.77. The van der Waals surface area contributed by atoms with E-state index in [1.807, 2.05) is 12.1 Å². The highest BCUT2D eigenvalue weighted by Crippen LogP contribution is 2.28. The highest BCUT2D eigenvalue weighted by molar-refractivity contribution is 6.00. The van der Waals surface area contributed by atoms with Crippen LogP contribution in [-0.4, -0.2) is 42.2 Å². The normalized spacial score (nSPS) is 10.4. The largest absolute Gasteiger partial charge is 0.491 e. The fraction of sp³-hybridized carbons (Fsp3) is 0.300. The van der Waals surface area contributed by atoms with Crippen molar-refractivity contribution in [2.45, 2.75) is 13.8 Å². The molecule has 0 bridgehead atoms. The van der Waals surface area contributed by atoms with E-state index in [1.165, 1.54) is 15.3 Å². The first kappa shape index (κ1) is 21.0. The van der Waals surface area contributed by atoms with Gasteiger partial charge in [0, 0.05) is 37.7 Å². The highest BCUT2D eigenvalue weighted by Gasteiger charge is 2.23. The third kappa shape index (κ3) is 4.17. The smallest absolute Gasteiger partial charge is 0.339 e. The van der Waals surface area contributed by atoms with Crippen LogP contribution in [0.4, 0.5) is 11.5 Å². The molecule has 8 heteroatoms. The zero-order valence-electron chi connectivity index (χ0n) is 16.8. The molecule has 0 aliphatic rings. The summed E-state index contributed by atoms with van der Waals surface area (Å²) in [6, 6.07) is 5.42. The molecule has 28 heavy (non-hydrogen) atoms. The van der Waals surface area contributed by atoms with Crippen molar-refractivity contribution in [1.82, 2.24) is 9.13 Å². The number of benzene rings is 1. The Labute approximate surface area is 164 Å². The van der Waals surface area contributed by atoms with Gasteiger partial charge in [-0.05, 0) is 26.1 Å². The number of hydrogen-bond donors (Lipinski definition) is 3. The summed E-state index contributed by atoms with van der Waals surface area (Å²) in [5.41, 5.74) is 2.18. The molecule has 0 aliphatic heterocycles. The molecular formula is C20H27N5O3. The molecule has 0 atom stereocenters. The van der Waals surface area contributed by atoms with Crippen molar-refractivity contribution < 1.29 is 9.47 Å². The molecular weight excluding hydrogens is 358 g/mol. The van der Waals surface area contributed by atoms with E-state index in [0.29, 0.717) is 41.9 Å². The predicted molar refractivity (Wildman–Crippen MR) is 114 cm³/mol. The second-order valence-electron chi connectivity index (χ2n) is 6.17. The fourth-order valence-corrected chi connectivity index (χ4v) is 2.85. The van der Waals surface area contributed by atoms with Gasteiger partial charge in [0.2, 0.25) is 0 Å². The predicted octanol–water partition coefficient (Wildman–Crippen LogP) is 3.14. The van der Waals surface area contributed by atoms with E-state index in [-0.39, 0.29) is 11.4 Å². The number of aromatic nitrogens is 2. The van der Waals surface area contributed by atoms with E-state index < -0.39 is 0 Å². The van der Waals surface area contributed by atoms with Crippen molar-refractivity contribution in [2.75, 3.05) is 38.0 Å². The van der Waals surface area contributed by atoms with Gasteiger partial charge in [0.25, 0.3) is 0 Å². The van der Waals surface area contributed by atoms with Crippen LogP contribution in [0.2, 0.25) is 0 Å². The highest BCUT2D eigenvalue weighted by atomic mass is 16.5. The number of nitrogens with one attached hydrogen (secondary N) is 3. The van der Waals surface area contributed by atoms with Crippen LogP contribution in [0.5, 0.6) is 5.75 Å². The number of ether oxygens (including phenoxy) is 2. The molecule has 150 valence electrons. The summed E-state index contributed by atoms with van der Waals surface area (Å²) in [6.07, 6.45) is 1.47. The maximum Gasteiger partial charge on any atom is 0.339 e. The molecule has 0 fully saturated rings. The molecule has 0 aliphatic carbocycles. The third-order valence-corrected chi connectivity index (χ3v) is 4.02. The summed E-state index contributed by atoms with van der Waals surface area (Å²) in [7, 11) is 3.39. The Hall–Kier alpha value is -3.26. The summed E-state index contributed by atoms with van der Waals surface area (Å²) >= 11 is 0. The second-order valence-corrected chi connectivity index (χ2v) is 6.17. The van der Waals surface area contributed by atoms with E-state index in [4.69, 9.17) is 14.9 Å². The quantitative estimate of drug-likeness (QED) is 0.432. The standard InChI is InChI=1S/C20H27N5O3/c1-7-23-19-18(14(4)21)24(13(2)3)20(26)25(19)16-10-15(22-5)11-17(12-16)28-9-8-27-6/h7,10-12,21-23H,1-2,8-9H2,3-6H3. The molecule has 0 saturated carbocycles. The number of hydrogen-bond acceptors (Lipinski definition) is 6. The molecule has 0 spiro atoms. The van der Waals surface area contributed by atoms with Gasteiger partial charge < -0.3 is 25.5 Å². The summed E-state index contributed by atoms with van der Waals surface area (Å²) < 4.78 is 13.6. The Morgan fingerprint density at radius 1 is 1.29 bits per heavy atom. The molecule has 3 N–H and O–H groups in total. The number of anilines is 2. The molecule has 2 aromatic rings. The zero-order chi connectivity index (χ0) is 20.8. The maximum atomic E-state index is 13.2. The van der Waals surface area contributed by atoms with Crippen LogP contribution < -0.4 is 21.1 Å². The van der Waals surface area contributed by atoms with Crippen molar-refractivity contribution in [1.29, 1.82) is 5.41 Å². The Morgan fingerprint density at radius 2 is 2.00 bits per heavy atom. The molecule has 1 aromatic heterocycles. The average Bonchev–Trinajstić information content (AvgIpc) is 2.94. The summed E-state index contributed by atoms with van der Waals surface area (Å²) in [6.45, 7) is 11.8. The van der Waals surface area contributed by atoms with Crippen molar-refractivity contribution in [3.63, 3.8) is 0 Å². The van der Waals surface area contributed by atoms with Crippen molar-refractivity contribution in [3.8, 4) is 11.4 Å². The van der Waals surface area contributed by atoms with Gasteiger partial charge in [-0.15, -0.1) is 0 Å². The second kappa shape index (κ2) is 9.09. The van der Waals surface area contributed by atoms with Crippen molar-refractivity contribution in [2.24, 2.45) is 0 Å². The lowest BCUT2D eigenvalue weighted by Crippen LogP contribution is -2.23. The monoisotopic (exact) mass is 385 g/mol. The van der Waals surface area contributed by atoms with E-state index >= 15 is 0 Å².